The number of hydrogen-bond acceptors (Lipinski definition) is 7. The van der Waals surface area contributed by atoms with E-state index in [4.69, 9.17) is 4.74 Å². The number of rotatable bonds is 9. The fourth-order valence-corrected chi connectivity index (χ4v) is 6.69. The topological polar surface area (TPSA) is 99.2 Å². The lowest BCUT2D eigenvalue weighted by molar-refractivity contribution is -0.137. The lowest BCUT2D eigenvalue weighted by Gasteiger charge is -2.38. The molecule has 0 saturated heterocycles. The molecule has 0 bridgehead atoms. The monoisotopic (exact) mass is 611 g/mol. The number of benzene rings is 2. The maximum atomic E-state index is 13.6. The van der Waals surface area contributed by atoms with Crippen molar-refractivity contribution in [2.24, 2.45) is 5.92 Å². The van der Waals surface area contributed by atoms with Crippen LogP contribution in [0.2, 0.25) is 0 Å². The van der Waals surface area contributed by atoms with E-state index in [0.29, 0.717) is 18.7 Å². The van der Waals surface area contributed by atoms with E-state index in [1.807, 2.05) is 11.8 Å². The molecule has 0 unspecified atom stereocenters. The van der Waals surface area contributed by atoms with Gasteiger partial charge in [0, 0.05) is 25.6 Å². The number of halogens is 3. The number of carbonyl (C=O) groups excluding carboxylic acids is 1. The largest absolute Gasteiger partial charge is 0.486 e. The van der Waals surface area contributed by atoms with E-state index in [1.54, 1.807) is 42.5 Å². The van der Waals surface area contributed by atoms with E-state index in [2.05, 4.69) is 4.72 Å². The normalized spacial score (nSPS) is 18.8. The van der Waals surface area contributed by atoms with Crippen LogP contribution in [-0.4, -0.2) is 68.1 Å². The molecule has 1 aromatic heterocycles. The summed E-state index contributed by atoms with van der Waals surface area (Å²) in [5, 5.41) is 11.5. The molecule has 222 valence electrons. The highest BCUT2D eigenvalue weighted by atomic mass is 32.2. The van der Waals surface area contributed by atoms with Crippen molar-refractivity contribution in [3.63, 3.8) is 0 Å². The number of anilines is 1. The first-order valence-electron chi connectivity index (χ1n) is 12.9. The molecule has 13 heteroatoms. The summed E-state index contributed by atoms with van der Waals surface area (Å²) in [6, 6.07) is 12.2. The van der Waals surface area contributed by atoms with Crippen LogP contribution in [0.1, 0.15) is 35.3 Å². The van der Waals surface area contributed by atoms with Gasteiger partial charge in [-0.2, -0.15) is 13.2 Å². The predicted molar refractivity (Wildman–Crippen MR) is 151 cm³/mol. The molecule has 3 aromatic rings. The third-order valence-electron chi connectivity index (χ3n) is 6.92. The van der Waals surface area contributed by atoms with E-state index in [-0.39, 0.29) is 40.3 Å². The highest BCUT2D eigenvalue weighted by Crippen LogP contribution is 2.36. The number of fused-ring (bicyclic) bond motifs is 1. The van der Waals surface area contributed by atoms with Crippen molar-refractivity contribution in [3.8, 4) is 5.75 Å². The molecule has 2 N–H and O–H groups in total. The van der Waals surface area contributed by atoms with Crippen molar-refractivity contribution in [2.75, 3.05) is 31.5 Å². The number of aliphatic hydroxyl groups is 1. The third kappa shape index (κ3) is 7.21. The smallest absolute Gasteiger partial charge is 0.416 e. The first-order valence-corrected chi connectivity index (χ1v) is 15.3. The van der Waals surface area contributed by atoms with Crippen LogP contribution < -0.4 is 9.46 Å². The van der Waals surface area contributed by atoms with Gasteiger partial charge in [0.05, 0.1) is 29.5 Å². The van der Waals surface area contributed by atoms with Crippen LogP contribution in [0.5, 0.6) is 5.75 Å². The first-order chi connectivity index (χ1) is 19.3. The molecule has 0 spiro atoms. The van der Waals surface area contributed by atoms with Gasteiger partial charge in [0.1, 0.15) is 10.3 Å². The molecule has 8 nitrogen and oxygen atoms in total. The number of aliphatic hydroxyl groups excluding tert-OH is 1. The number of amides is 1. The minimum atomic E-state index is -4.42. The van der Waals surface area contributed by atoms with Gasteiger partial charge in [-0.05, 0) is 55.2 Å². The molecule has 0 fully saturated rings. The molecule has 2 heterocycles. The zero-order valence-corrected chi connectivity index (χ0v) is 24.4. The van der Waals surface area contributed by atoms with Crippen LogP contribution in [0.25, 0.3) is 0 Å². The summed E-state index contributed by atoms with van der Waals surface area (Å²) >= 11 is 1.05. The second-order valence-electron chi connectivity index (χ2n) is 10.2. The van der Waals surface area contributed by atoms with Crippen LogP contribution >= 0.6 is 11.3 Å². The summed E-state index contributed by atoms with van der Waals surface area (Å²) in [6.07, 6.45) is -4.96. The highest BCUT2D eigenvalue weighted by Gasteiger charge is 2.35. The lowest BCUT2D eigenvalue weighted by Crippen LogP contribution is -2.49. The number of nitrogens with zero attached hydrogens (tertiary/aromatic N) is 2. The molecule has 3 atom stereocenters. The van der Waals surface area contributed by atoms with Gasteiger partial charge in [-0.15, -0.1) is 11.3 Å². The minimum Gasteiger partial charge on any atom is -0.486 e. The number of thiophene rings is 1. The number of carbonyl (C=O) groups is 1. The average molecular weight is 612 g/mol. The Bertz CT molecular complexity index is 1450. The number of sulfonamides is 1. The predicted octanol–water partition coefficient (Wildman–Crippen LogP) is 4.92. The fraction of sp³-hybridized carbons (Fsp3) is 0.393. The van der Waals surface area contributed by atoms with Gasteiger partial charge in [-0.1, -0.05) is 31.2 Å². The third-order valence-corrected chi connectivity index (χ3v) is 9.68. The second kappa shape index (κ2) is 12.4. The van der Waals surface area contributed by atoms with Crippen molar-refractivity contribution in [2.45, 2.75) is 42.9 Å². The summed E-state index contributed by atoms with van der Waals surface area (Å²) in [5.41, 5.74) is 0.205. The zero-order valence-electron chi connectivity index (χ0n) is 22.8. The number of alkyl halides is 3. The first kappa shape index (κ1) is 30.8. The van der Waals surface area contributed by atoms with Gasteiger partial charge in [0.15, 0.2) is 5.75 Å². The van der Waals surface area contributed by atoms with Crippen LogP contribution in [0, 0.1) is 5.92 Å². The van der Waals surface area contributed by atoms with Gasteiger partial charge in [0.2, 0.25) is 0 Å². The molecule has 4 rings (SSSR count). The Morgan fingerprint density at radius 1 is 1.17 bits per heavy atom. The second-order valence-corrected chi connectivity index (χ2v) is 13.1. The van der Waals surface area contributed by atoms with Gasteiger partial charge in [-0.3, -0.25) is 14.4 Å². The Morgan fingerprint density at radius 2 is 1.88 bits per heavy atom. The molecule has 0 aliphatic carbocycles. The van der Waals surface area contributed by atoms with Crippen molar-refractivity contribution in [1.82, 2.24) is 9.80 Å². The SMILES string of the molecule is C[C@@H]1CN([C@H](C)CO)C(=O)c2cccc(NS(=O)(=O)c3cccs3)c2O[C@@H]1CN(C)Cc1ccc(C(F)(F)F)cc1. The zero-order chi connectivity index (χ0) is 29.9. The highest BCUT2D eigenvalue weighted by molar-refractivity contribution is 7.94. The van der Waals surface area contributed by atoms with E-state index < -0.39 is 39.8 Å². The van der Waals surface area contributed by atoms with Crippen LogP contribution in [0.15, 0.2) is 64.2 Å². The Labute approximate surface area is 241 Å². The Kier molecular flexibility index (Phi) is 9.32. The maximum absolute atomic E-state index is 13.6. The molecule has 2 aromatic carbocycles. The molecular formula is C28H32F3N3O5S2. The van der Waals surface area contributed by atoms with Crippen molar-refractivity contribution in [3.05, 3.63) is 76.7 Å². The number of ether oxygens (including phenoxy) is 1. The number of likely N-dealkylation sites (N-methyl/N-ethyl adjacent to an activating group) is 1. The van der Waals surface area contributed by atoms with Crippen molar-refractivity contribution < 1.29 is 36.2 Å². The summed E-state index contributed by atoms with van der Waals surface area (Å²) in [7, 11) is -2.15. The van der Waals surface area contributed by atoms with Crippen molar-refractivity contribution in [1.29, 1.82) is 0 Å². The molecule has 1 aliphatic heterocycles. The fourth-order valence-electron chi connectivity index (χ4n) is 4.64. The quantitative estimate of drug-likeness (QED) is 0.357. The molecular weight excluding hydrogens is 579 g/mol. The summed E-state index contributed by atoms with van der Waals surface area (Å²) in [4.78, 5) is 17.1. The summed E-state index contributed by atoms with van der Waals surface area (Å²) < 4.78 is 74.1. The van der Waals surface area contributed by atoms with Gasteiger partial charge in [0.25, 0.3) is 15.9 Å². The number of para-hydroxylation sites is 1. The Balaban J connectivity index is 1.65. The average Bonchev–Trinajstić information content (AvgIpc) is 3.47. The summed E-state index contributed by atoms with van der Waals surface area (Å²) in [5.74, 6) is -0.576. The van der Waals surface area contributed by atoms with E-state index >= 15 is 0 Å². The van der Waals surface area contributed by atoms with Crippen LogP contribution in [0.3, 0.4) is 0 Å². The molecule has 41 heavy (non-hydrogen) atoms. The molecule has 0 radical (unpaired) electrons. The van der Waals surface area contributed by atoms with Gasteiger partial charge < -0.3 is 14.7 Å². The Morgan fingerprint density at radius 3 is 2.49 bits per heavy atom. The maximum Gasteiger partial charge on any atom is 0.416 e. The standard InChI is InChI=1S/C28H32F3N3O5S2/c1-18-14-34(19(2)17-35)27(36)22-6-4-7-23(32-41(37,38)25-8-5-13-40-25)26(22)39-24(18)16-33(3)15-20-9-11-21(12-10-20)28(29,30)31/h4-13,18-19,24,32,35H,14-17H2,1-3H3/t18-,19-,24-/m1/s1. The minimum absolute atomic E-state index is 0.0762. The van der Waals surface area contributed by atoms with E-state index in [0.717, 1.165) is 23.5 Å². The molecule has 1 aliphatic rings. The van der Waals surface area contributed by atoms with Crippen molar-refractivity contribution >= 4 is 33.0 Å². The molecule has 0 saturated carbocycles. The van der Waals surface area contributed by atoms with E-state index in [9.17, 15) is 31.5 Å². The number of nitrogens with one attached hydrogen (secondary N) is 1. The van der Waals surface area contributed by atoms with E-state index in [1.165, 1.54) is 24.3 Å². The molecule has 1 amide bonds. The number of hydrogen-bond donors (Lipinski definition) is 2. The van der Waals surface area contributed by atoms with Gasteiger partial charge >= 0.3 is 6.18 Å². The van der Waals surface area contributed by atoms with Crippen LogP contribution in [0.4, 0.5) is 18.9 Å². The van der Waals surface area contributed by atoms with Crippen LogP contribution in [-0.2, 0) is 22.7 Å². The lowest BCUT2D eigenvalue weighted by atomic mass is 9.99. The Hall–Kier alpha value is -3.13. The van der Waals surface area contributed by atoms with Gasteiger partial charge in [-0.25, -0.2) is 8.42 Å². The summed E-state index contributed by atoms with van der Waals surface area (Å²) in [6.45, 7) is 4.27.